The van der Waals surface area contributed by atoms with Gasteiger partial charge in [0.25, 0.3) is 0 Å². The minimum absolute atomic E-state index is 0.215. The number of carbonyl (C=O) groups is 2. The lowest BCUT2D eigenvalue weighted by molar-refractivity contribution is 0.0734. The second-order valence-corrected chi connectivity index (χ2v) is 6.13. The average Bonchev–Trinajstić information content (AvgIpc) is 3.04. The van der Waals surface area contributed by atoms with Crippen LogP contribution in [0.1, 0.15) is 26.3 Å². The highest BCUT2D eigenvalue weighted by Crippen LogP contribution is 2.34. The van der Waals surface area contributed by atoms with Crippen molar-refractivity contribution in [2.75, 3.05) is 7.11 Å². The summed E-state index contributed by atoms with van der Waals surface area (Å²) in [5, 5.41) is 0. The molecule has 0 unspecified atom stereocenters. The van der Waals surface area contributed by atoms with Gasteiger partial charge in [0.1, 0.15) is 17.2 Å². The Bertz CT molecular complexity index is 1070. The normalized spacial score (nSPS) is 13.8. The third kappa shape index (κ3) is 3.50. The number of methoxy groups -OCH3 is 1. The van der Waals surface area contributed by atoms with Crippen LogP contribution >= 0.6 is 0 Å². The zero-order valence-corrected chi connectivity index (χ0v) is 15.0. The Labute approximate surface area is 161 Å². The third-order valence-corrected chi connectivity index (χ3v) is 4.27. The van der Waals surface area contributed by atoms with Gasteiger partial charge in [0.2, 0.25) is 5.78 Å². The molecular formula is C23H16O5. The molecule has 0 spiro atoms. The molecule has 1 heterocycles. The average molecular weight is 372 g/mol. The molecule has 0 fully saturated rings. The fourth-order valence-electron chi connectivity index (χ4n) is 2.82. The topological polar surface area (TPSA) is 61.8 Å². The van der Waals surface area contributed by atoms with E-state index in [9.17, 15) is 9.59 Å². The van der Waals surface area contributed by atoms with E-state index in [4.69, 9.17) is 14.2 Å². The van der Waals surface area contributed by atoms with Crippen molar-refractivity contribution < 1.29 is 23.8 Å². The van der Waals surface area contributed by atoms with E-state index >= 15 is 0 Å². The first-order chi connectivity index (χ1) is 13.6. The number of hydrogen-bond acceptors (Lipinski definition) is 5. The van der Waals surface area contributed by atoms with E-state index in [0.29, 0.717) is 16.9 Å². The van der Waals surface area contributed by atoms with E-state index < -0.39 is 5.97 Å². The molecule has 28 heavy (non-hydrogen) atoms. The molecular weight excluding hydrogens is 356 g/mol. The summed E-state index contributed by atoms with van der Waals surface area (Å²) in [5.74, 6) is 0.921. The maximum absolute atomic E-state index is 12.7. The Hall–Kier alpha value is -3.86. The minimum Gasteiger partial charge on any atom is -0.497 e. The summed E-state index contributed by atoms with van der Waals surface area (Å²) in [6.45, 7) is 0. The largest absolute Gasteiger partial charge is 0.497 e. The van der Waals surface area contributed by atoms with E-state index in [1.165, 1.54) is 6.07 Å². The lowest BCUT2D eigenvalue weighted by Crippen LogP contribution is -2.08. The van der Waals surface area contributed by atoms with Gasteiger partial charge in [0, 0.05) is 0 Å². The number of Topliss-reactive ketones (excluding diaryl/α,β-unsaturated/α-hetero) is 1. The van der Waals surface area contributed by atoms with Gasteiger partial charge in [-0.25, -0.2) is 4.79 Å². The molecule has 138 valence electrons. The standard InChI is InChI=1S/C23H16O5/c1-26-17-9-7-15(8-10-17)13-21-22(24)19-14-18(11-12-20(19)28-21)27-23(25)16-5-3-2-4-6-16/h2-14H,1H3/b21-13+. The Morgan fingerprint density at radius 1 is 0.929 bits per heavy atom. The molecule has 0 aliphatic carbocycles. The van der Waals surface area contributed by atoms with E-state index in [0.717, 1.165) is 11.3 Å². The number of carbonyl (C=O) groups excluding carboxylic acids is 2. The summed E-state index contributed by atoms with van der Waals surface area (Å²) in [6, 6.07) is 20.7. The van der Waals surface area contributed by atoms with Gasteiger partial charge in [-0.05, 0) is 54.1 Å². The van der Waals surface area contributed by atoms with Crippen LogP contribution in [0.3, 0.4) is 0 Å². The number of rotatable bonds is 4. The van der Waals surface area contributed by atoms with E-state index in [-0.39, 0.29) is 17.3 Å². The van der Waals surface area contributed by atoms with Crippen molar-refractivity contribution in [2.24, 2.45) is 0 Å². The molecule has 0 saturated heterocycles. The van der Waals surface area contributed by atoms with Crippen LogP contribution in [0, 0.1) is 0 Å². The Kier molecular flexibility index (Phi) is 4.64. The van der Waals surface area contributed by atoms with E-state index in [1.54, 1.807) is 61.7 Å². The van der Waals surface area contributed by atoms with Crippen LogP contribution in [-0.2, 0) is 0 Å². The lowest BCUT2D eigenvalue weighted by atomic mass is 10.1. The number of benzene rings is 3. The van der Waals surface area contributed by atoms with Gasteiger partial charge in [-0.2, -0.15) is 0 Å². The van der Waals surface area contributed by atoms with Crippen LogP contribution in [0.4, 0.5) is 0 Å². The fourth-order valence-corrected chi connectivity index (χ4v) is 2.82. The summed E-state index contributed by atoms with van der Waals surface area (Å²) in [7, 11) is 1.59. The summed E-state index contributed by atoms with van der Waals surface area (Å²) >= 11 is 0. The van der Waals surface area contributed by atoms with Crippen molar-refractivity contribution >= 4 is 17.8 Å². The number of ketones is 1. The van der Waals surface area contributed by atoms with Gasteiger partial charge in [-0.15, -0.1) is 0 Å². The molecule has 0 N–H and O–H groups in total. The molecule has 0 radical (unpaired) electrons. The summed E-state index contributed by atoms with van der Waals surface area (Å²) in [5.41, 5.74) is 1.61. The number of hydrogen-bond donors (Lipinski definition) is 0. The van der Waals surface area contributed by atoms with Crippen molar-refractivity contribution in [3.05, 3.63) is 95.2 Å². The summed E-state index contributed by atoms with van der Waals surface area (Å²) in [6.07, 6.45) is 1.66. The van der Waals surface area contributed by atoms with Gasteiger partial charge in [-0.3, -0.25) is 4.79 Å². The summed E-state index contributed by atoms with van der Waals surface area (Å²) < 4.78 is 16.2. The van der Waals surface area contributed by atoms with Gasteiger partial charge in [0.15, 0.2) is 5.76 Å². The molecule has 0 atom stereocenters. The molecule has 3 aromatic carbocycles. The second-order valence-electron chi connectivity index (χ2n) is 6.13. The predicted octanol–water partition coefficient (Wildman–Crippen LogP) is 4.53. The van der Waals surface area contributed by atoms with Crippen molar-refractivity contribution in [1.29, 1.82) is 0 Å². The van der Waals surface area contributed by atoms with Crippen LogP contribution < -0.4 is 14.2 Å². The van der Waals surface area contributed by atoms with Crippen LogP contribution in [-0.4, -0.2) is 18.9 Å². The van der Waals surface area contributed by atoms with E-state index in [1.807, 2.05) is 18.2 Å². The van der Waals surface area contributed by atoms with Gasteiger partial charge < -0.3 is 14.2 Å². The monoisotopic (exact) mass is 372 g/mol. The Morgan fingerprint density at radius 2 is 1.64 bits per heavy atom. The van der Waals surface area contributed by atoms with E-state index in [2.05, 4.69) is 0 Å². The fraction of sp³-hybridized carbons (Fsp3) is 0.0435. The smallest absolute Gasteiger partial charge is 0.343 e. The molecule has 5 heteroatoms. The number of esters is 1. The summed E-state index contributed by atoms with van der Waals surface area (Å²) in [4.78, 5) is 24.9. The van der Waals surface area contributed by atoms with Crippen LogP contribution in [0.5, 0.6) is 17.2 Å². The third-order valence-electron chi connectivity index (χ3n) is 4.27. The van der Waals surface area contributed by atoms with Crippen molar-refractivity contribution in [3.8, 4) is 17.2 Å². The number of ether oxygens (including phenoxy) is 3. The molecule has 0 aromatic heterocycles. The Morgan fingerprint density at radius 3 is 2.36 bits per heavy atom. The molecule has 0 amide bonds. The quantitative estimate of drug-likeness (QED) is 0.382. The molecule has 5 nitrogen and oxygen atoms in total. The molecule has 0 bridgehead atoms. The highest BCUT2D eigenvalue weighted by Gasteiger charge is 2.28. The second kappa shape index (κ2) is 7.40. The van der Waals surface area contributed by atoms with Gasteiger partial charge in [0.05, 0.1) is 18.2 Å². The molecule has 1 aliphatic heterocycles. The molecule has 1 aliphatic rings. The molecule has 4 rings (SSSR count). The van der Waals surface area contributed by atoms with Crippen molar-refractivity contribution in [1.82, 2.24) is 0 Å². The van der Waals surface area contributed by atoms with Crippen LogP contribution in [0.25, 0.3) is 6.08 Å². The zero-order valence-electron chi connectivity index (χ0n) is 15.0. The Balaban J connectivity index is 1.54. The first-order valence-electron chi connectivity index (χ1n) is 8.63. The first kappa shape index (κ1) is 17.5. The number of allylic oxidation sites excluding steroid dienone is 1. The van der Waals surface area contributed by atoms with Gasteiger partial charge in [-0.1, -0.05) is 30.3 Å². The molecule has 3 aromatic rings. The predicted molar refractivity (Wildman–Crippen MR) is 104 cm³/mol. The zero-order chi connectivity index (χ0) is 19.5. The highest BCUT2D eigenvalue weighted by atomic mass is 16.5. The highest BCUT2D eigenvalue weighted by molar-refractivity contribution is 6.14. The molecule has 0 saturated carbocycles. The van der Waals surface area contributed by atoms with Crippen LogP contribution in [0.15, 0.2) is 78.6 Å². The number of fused-ring (bicyclic) bond motifs is 1. The van der Waals surface area contributed by atoms with Crippen molar-refractivity contribution in [2.45, 2.75) is 0 Å². The van der Waals surface area contributed by atoms with Crippen LogP contribution in [0.2, 0.25) is 0 Å². The van der Waals surface area contributed by atoms with Gasteiger partial charge >= 0.3 is 5.97 Å². The SMILES string of the molecule is COc1ccc(/C=C2/Oc3ccc(OC(=O)c4ccccc4)cc3C2=O)cc1. The first-order valence-corrected chi connectivity index (χ1v) is 8.63. The maximum atomic E-state index is 12.7. The lowest BCUT2D eigenvalue weighted by Gasteiger charge is -2.05. The maximum Gasteiger partial charge on any atom is 0.343 e. The minimum atomic E-state index is -0.485. The van der Waals surface area contributed by atoms with Crippen molar-refractivity contribution in [3.63, 3.8) is 0 Å².